The van der Waals surface area contributed by atoms with E-state index in [4.69, 9.17) is 4.74 Å². The highest BCUT2D eigenvalue weighted by Crippen LogP contribution is 2.34. The number of nitrogens with zero attached hydrogens (tertiary/aromatic N) is 1. The lowest BCUT2D eigenvalue weighted by molar-refractivity contribution is 0.0579. The predicted octanol–water partition coefficient (Wildman–Crippen LogP) is 4.12. The van der Waals surface area contributed by atoms with Crippen molar-refractivity contribution in [2.24, 2.45) is 5.92 Å². The number of rotatable bonds is 7. The molecular weight excluding hydrogens is 364 g/mol. The fourth-order valence-electron chi connectivity index (χ4n) is 3.80. The Morgan fingerprint density at radius 1 is 0.966 bits per heavy atom. The molecule has 0 aliphatic carbocycles. The van der Waals surface area contributed by atoms with E-state index in [2.05, 4.69) is 37.9 Å². The van der Waals surface area contributed by atoms with E-state index < -0.39 is 5.69 Å². The molecule has 0 aliphatic heterocycles. The van der Waals surface area contributed by atoms with Crippen LogP contribution in [0, 0.1) is 19.8 Å². The Bertz CT molecular complexity index is 1080. The van der Waals surface area contributed by atoms with Gasteiger partial charge >= 0.3 is 5.69 Å². The number of aryl methyl sites for hydroxylation is 1. The minimum absolute atomic E-state index is 0.0791. The van der Waals surface area contributed by atoms with Crippen LogP contribution in [0.2, 0.25) is 0 Å². The van der Waals surface area contributed by atoms with Gasteiger partial charge in [-0.15, -0.1) is 0 Å². The third-order valence-corrected chi connectivity index (χ3v) is 5.30. The summed E-state index contributed by atoms with van der Waals surface area (Å²) in [5.74, 6) is 0.0999. The van der Waals surface area contributed by atoms with Crippen LogP contribution in [0.5, 0.6) is 0 Å². The van der Waals surface area contributed by atoms with Crippen molar-refractivity contribution in [3.63, 3.8) is 0 Å². The van der Waals surface area contributed by atoms with Crippen LogP contribution in [0.3, 0.4) is 0 Å². The zero-order valence-electron chi connectivity index (χ0n) is 17.4. The maximum Gasteiger partial charge on any atom is 0.330 e. The van der Waals surface area contributed by atoms with Crippen molar-refractivity contribution in [1.82, 2.24) is 9.55 Å². The number of hydrogen-bond acceptors (Lipinski definition) is 3. The molecule has 0 spiro atoms. The molecule has 0 saturated carbocycles. The van der Waals surface area contributed by atoms with Crippen molar-refractivity contribution in [2.45, 2.75) is 47.0 Å². The van der Waals surface area contributed by atoms with Gasteiger partial charge in [0.25, 0.3) is 5.56 Å². The summed E-state index contributed by atoms with van der Waals surface area (Å²) >= 11 is 0. The van der Waals surface area contributed by atoms with E-state index in [1.807, 2.05) is 42.5 Å². The standard InChI is InChI=1S/C24H28N2O3/c1-16(2)21(20-13-9-8-10-17(20)3)22-18(4)23(27)25-24(28)26(22)15-29-14-19-11-6-5-7-12-19/h5-13,16,21H,14-15H2,1-4H3,(H,25,27,28). The van der Waals surface area contributed by atoms with E-state index >= 15 is 0 Å². The highest BCUT2D eigenvalue weighted by Gasteiger charge is 2.26. The fourth-order valence-corrected chi connectivity index (χ4v) is 3.80. The minimum atomic E-state index is -0.442. The van der Waals surface area contributed by atoms with Crippen LogP contribution in [0.25, 0.3) is 0 Å². The Morgan fingerprint density at radius 3 is 2.28 bits per heavy atom. The van der Waals surface area contributed by atoms with Crippen molar-refractivity contribution < 1.29 is 4.74 Å². The molecule has 5 nitrogen and oxygen atoms in total. The van der Waals surface area contributed by atoms with Gasteiger partial charge in [-0.1, -0.05) is 68.4 Å². The topological polar surface area (TPSA) is 64.1 Å². The van der Waals surface area contributed by atoms with Gasteiger partial charge in [0.1, 0.15) is 6.73 Å². The lowest BCUT2D eigenvalue weighted by Gasteiger charge is -2.27. The molecule has 0 saturated heterocycles. The molecule has 0 radical (unpaired) electrons. The second-order valence-corrected chi connectivity index (χ2v) is 7.74. The monoisotopic (exact) mass is 392 g/mol. The summed E-state index contributed by atoms with van der Waals surface area (Å²) in [5.41, 5.74) is 3.77. The Morgan fingerprint density at radius 2 is 1.62 bits per heavy atom. The van der Waals surface area contributed by atoms with Crippen molar-refractivity contribution in [1.29, 1.82) is 0 Å². The lowest BCUT2D eigenvalue weighted by atomic mass is 9.82. The normalized spacial score (nSPS) is 12.3. The van der Waals surface area contributed by atoms with Crippen molar-refractivity contribution in [3.8, 4) is 0 Å². The van der Waals surface area contributed by atoms with Crippen LogP contribution in [0.1, 0.15) is 47.7 Å². The van der Waals surface area contributed by atoms with Gasteiger partial charge in [-0.2, -0.15) is 0 Å². The second-order valence-electron chi connectivity index (χ2n) is 7.74. The molecule has 5 heteroatoms. The van der Waals surface area contributed by atoms with Crippen LogP contribution in [0.15, 0.2) is 64.2 Å². The van der Waals surface area contributed by atoms with E-state index in [-0.39, 0.29) is 24.1 Å². The predicted molar refractivity (Wildman–Crippen MR) is 115 cm³/mol. The molecule has 2 aromatic carbocycles. The molecule has 1 aromatic heterocycles. The molecule has 0 fully saturated rings. The van der Waals surface area contributed by atoms with Gasteiger partial charge in [0.2, 0.25) is 0 Å². The summed E-state index contributed by atoms with van der Waals surface area (Å²) in [6, 6.07) is 17.9. The van der Waals surface area contributed by atoms with Gasteiger partial charge in [0, 0.05) is 17.2 Å². The van der Waals surface area contributed by atoms with Gasteiger partial charge in [0.05, 0.1) is 6.61 Å². The molecule has 3 rings (SSSR count). The number of aromatic amines is 1. The first-order chi connectivity index (χ1) is 13.9. The van der Waals surface area contributed by atoms with Crippen LogP contribution in [0.4, 0.5) is 0 Å². The molecule has 0 bridgehead atoms. The largest absolute Gasteiger partial charge is 0.356 e. The number of hydrogen-bond donors (Lipinski definition) is 1. The SMILES string of the molecule is Cc1ccccc1C(c1c(C)c(=O)[nH]c(=O)n1COCc1ccccc1)C(C)C. The van der Waals surface area contributed by atoms with E-state index in [1.54, 1.807) is 11.5 Å². The van der Waals surface area contributed by atoms with Crippen molar-refractivity contribution in [3.05, 3.63) is 103 Å². The van der Waals surface area contributed by atoms with Crippen molar-refractivity contribution in [2.75, 3.05) is 0 Å². The summed E-state index contributed by atoms with van der Waals surface area (Å²) in [5, 5.41) is 0. The third kappa shape index (κ3) is 4.57. The van der Waals surface area contributed by atoms with E-state index in [1.165, 1.54) is 0 Å². The van der Waals surface area contributed by atoms with Crippen LogP contribution >= 0.6 is 0 Å². The highest BCUT2D eigenvalue weighted by molar-refractivity contribution is 5.38. The number of ether oxygens (including phenoxy) is 1. The maximum atomic E-state index is 12.7. The molecule has 29 heavy (non-hydrogen) atoms. The smallest absolute Gasteiger partial charge is 0.330 e. The zero-order valence-corrected chi connectivity index (χ0v) is 17.4. The summed E-state index contributed by atoms with van der Waals surface area (Å²) < 4.78 is 7.43. The molecule has 1 unspecified atom stereocenters. The Labute approximate surface area is 171 Å². The van der Waals surface area contributed by atoms with Gasteiger partial charge < -0.3 is 4.74 Å². The summed E-state index contributed by atoms with van der Waals surface area (Å²) in [6.07, 6.45) is 0. The molecule has 0 aliphatic rings. The first kappa shape index (κ1) is 20.8. The molecular formula is C24H28N2O3. The molecule has 1 N–H and O–H groups in total. The first-order valence-electron chi connectivity index (χ1n) is 9.91. The highest BCUT2D eigenvalue weighted by atomic mass is 16.5. The van der Waals surface area contributed by atoms with Crippen LogP contribution in [-0.2, 0) is 18.1 Å². The Balaban J connectivity index is 2.05. The van der Waals surface area contributed by atoms with E-state index in [0.717, 1.165) is 22.4 Å². The van der Waals surface area contributed by atoms with Gasteiger partial charge in [-0.3, -0.25) is 14.3 Å². The molecule has 1 heterocycles. The number of aromatic nitrogens is 2. The Hall–Kier alpha value is -2.92. The number of nitrogens with one attached hydrogen (secondary N) is 1. The fraction of sp³-hybridized carbons (Fsp3) is 0.333. The molecule has 152 valence electrons. The van der Waals surface area contributed by atoms with Gasteiger partial charge in [-0.25, -0.2) is 4.79 Å². The molecule has 1 atom stereocenters. The Kier molecular flexibility index (Phi) is 6.49. The second kappa shape index (κ2) is 9.05. The van der Waals surface area contributed by atoms with Crippen LogP contribution in [-0.4, -0.2) is 9.55 Å². The first-order valence-corrected chi connectivity index (χ1v) is 9.91. The van der Waals surface area contributed by atoms with Crippen molar-refractivity contribution >= 4 is 0 Å². The quantitative estimate of drug-likeness (QED) is 0.658. The third-order valence-electron chi connectivity index (χ3n) is 5.30. The molecule has 3 aromatic rings. The summed E-state index contributed by atoms with van der Waals surface area (Å²) in [6.45, 7) is 8.52. The zero-order chi connectivity index (χ0) is 21.0. The number of benzene rings is 2. The average Bonchev–Trinajstić information content (AvgIpc) is 2.70. The number of H-pyrrole nitrogens is 1. The van der Waals surface area contributed by atoms with E-state index in [0.29, 0.717) is 12.2 Å². The average molecular weight is 392 g/mol. The lowest BCUT2D eigenvalue weighted by Crippen LogP contribution is -2.37. The minimum Gasteiger partial charge on any atom is -0.356 e. The summed E-state index contributed by atoms with van der Waals surface area (Å²) in [4.78, 5) is 27.6. The maximum absolute atomic E-state index is 12.7. The van der Waals surface area contributed by atoms with Gasteiger partial charge in [-0.05, 0) is 36.5 Å². The van der Waals surface area contributed by atoms with E-state index in [9.17, 15) is 9.59 Å². The van der Waals surface area contributed by atoms with Gasteiger partial charge in [0.15, 0.2) is 0 Å². The van der Waals surface area contributed by atoms with Crippen LogP contribution < -0.4 is 11.2 Å². The summed E-state index contributed by atoms with van der Waals surface area (Å²) in [7, 11) is 0. The molecule has 0 amide bonds.